The molecule has 172 valence electrons. The van der Waals surface area contributed by atoms with Gasteiger partial charge in [0, 0.05) is 55.8 Å². The molecule has 2 aliphatic rings. The second-order valence-corrected chi connectivity index (χ2v) is 8.82. The van der Waals surface area contributed by atoms with Crippen molar-refractivity contribution in [2.24, 2.45) is 0 Å². The molecule has 6 heteroatoms. The van der Waals surface area contributed by atoms with Crippen LogP contribution in [0.1, 0.15) is 54.7 Å². The molecule has 1 saturated heterocycles. The molecule has 0 bridgehead atoms. The first kappa shape index (κ1) is 23.0. The van der Waals surface area contributed by atoms with Crippen LogP contribution in [0.2, 0.25) is 0 Å². The number of hydrogen-bond donors (Lipinski definition) is 2. The van der Waals surface area contributed by atoms with Gasteiger partial charge < -0.3 is 10.2 Å². The van der Waals surface area contributed by atoms with Gasteiger partial charge in [0.05, 0.1) is 17.3 Å². The molecule has 0 spiro atoms. The summed E-state index contributed by atoms with van der Waals surface area (Å²) in [7, 11) is 0. The Kier molecular flexibility index (Phi) is 6.83. The zero-order valence-corrected chi connectivity index (χ0v) is 20.0. The zero-order chi connectivity index (χ0) is 23.4. The Morgan fingerprint density at radius 1 is 1.09 bits per heavy atom. The van der Waals surface area contributed by atoms with Crippen molar-refractivity contribution in [3.8, 4) is 11.8 Å². The monoisotopic (exact) mass is 443 g/mol. The fourth-order valence-electron chi connectivity index (χ4n) is 4.38. The van der Waals surface area contributed by atoms with Crippen molar-refractivity contribution in [1.29, 1.82) is 0 Å². The second kappa shape index (κ2) is 9.78. The quantitative estimate of drug-likeness (QED) is 0.592. The summed E-state index contributed by atoms with van der Waals surface area (Å²) in [6.45, 7) is 13.1. The fourth-order valence-corrected chi connectivity index (χ4v) is 4.38. The maximum absolute atomic E-state index is 13.2. The molecule has 0 radical (unpaired) electrons. The lowest BCUT2D eigenvalue weighted by atomic mass is 10.0. The van der Waals surface area contributed by atoms with Gasteiger partial charge >= 0.3 is 0 Å². The molecule has 0 aliphatic carbocycles. The van der Waals surface area contributed by atoms with E-state index in [1.165, 1.54) is 5.56 Å². The van der Waals surface area contributed by atoms with Crippen LogP contribution in [-0.4, -0.2) is 57.6 Å². The fraction of sp³-hybridized carbons (Fsp3) is 0.407. The summed E-state index contributed by atoms with van der Waals surface area (Å²) in [5.74, 6) is 6.96. The van der Waals surface area contributed by atoms with Crippen LogP contribution >= 0.6 is 0 Å². The lowest BCUT2D eigenvalue weighted by Gasteiger charge is -2.30. The number of benzene rings is 2. The third-order valence-corrected chi connectivity index (χ3v) is 6.36. The normalized spacial score (nSPS) is 15.9. The topological polar surface area (TPSA) is 64.3 Å². The van der Waals surface area contributed by atoms with Gasteiger partial charge in [-0.3, -0.25) is 14.8 Å². The van der Waals surface area contributed by atoms with E-state index >= 15 is 0 Å². The van der Waals surface area contributed by atoms with Crippen LogP contribution in [0.5, 0.6) is 0 Å². The molecule has 1 fully saturated rings. The lowest BCUT2D eigenvalue weighted by Crippen LogP contribution is -2.46. The van der Waals surface area contributed by atoms with Gasteiger partial charge in [-0.2, -0.15) is 5.10 Å². The Morgan fingerprint density at radius 2 is 1.88 bits per heavy atom. The van der Waals surface area contributed by atoms with Crippen LogP contribution < -0.4 is 5.32 Å². The van der Waals surface area contributed by atoms with Gasteiger partial charge in [-0.15, -0.1) is 0 Å². The second-order valence-electron chi connectivity index (χ2n) is 8.82. The van der Waals surface area contributed by atoms with Crippen molar-refractivity contribution in [2.45, 2.75) is 46.3 Å². The van der Waals surface area contributed by atoms with Gasteiger partial charge in [-0.25, -0.2) is 0 Å². The van der Waals surface area contributed by atoms with Gasteiger partial charge in [-0.1, -0.05) is 37.8 Å². The van der Waals surface area contributed by atoms with E-state index in [1.54, 1.807) is 0 Å². The molecular weight excluding hydrogens is 410 g/mol. The number of fused-ring (bicyclic) bond motifs is 2. The minimum absolute atomic E-state index is 0.150. The van der Waals surface area contributed by atoms with E-state index in [-0.39, 0.29) is 11.4 Å². The predicted octanol–water partition coefficient (Wildman–Crippen LogP) is 3.78. The van der Waals surface area contributed by atoms with Crippen molar-refractivity contribution in [3.63, 3.8) is 0 Å². The summed E-state index contributed by atoms with van der Waals surface area (Å²) in [5.41, 5.74) is 4.90. The van der Waals surface area contributed by atoms with E-state index in [4.69, 9.17) is 0 Å². The molecule has 2 N–H and O–H groups in total. The van der Waals surface area contributed by atoms with Crippen LogP contribution in [-0.2, 0) is 13.1 Å². The number of rotatable bonds is 2. The van der Waals surface area contributed by atoms with Crippen LogP contribution in [0.15, 0.2) is 42.6 Å². The van der Waals surface area contributed by atoms with Gasteiger partial charge in [0.2, 0.25) is 0 Å². The number of piperazine rings is 1. The molecule has 0 atom stereocenters. The smallest absolute Gasteiger partial charge is 0.254 e. The molecule has 3 heterocycles. The number of aromatic nitrogens is 2. The molecule has 2 aliphatic heterocycles. The van der Waals surface area contributed by atoms with Crippen LogP contribution in [0.25, 0.3) is 10.9 Å². The van der Waals surface area contributed by atoms with Crippen molar-refractivity contribution in [3.05, 3.63) is 64.8 Å². The first-order valence-electron chi connectivity index (χ1n) is 11.8. The van der Waals surface area contributed by atoms with Gasteiger partial charge in [-0.05, 0) is 49.2 Å². The van der Waals surface area contributed by atoms with Crippen molar-refractivity contribution in [1.82, 2.24) is 25.3 Å². The van der Waals surface area contributed by atoms with E-state index in [0.29, 0.717) is 0 Å². The summed E-state index contributed by atoms with van der Waals surface area (Å²) in [6, 6.07) is 12.2. The Bertz CT molecular complexity index is 1190. The average molecular weight is 444 g/mol. The minimum Gasteiger partial charge on any atom is -0.336 e. The Labute approximate surface area is 196 Å². The third kappa shape index (κ3) is 4.80. The summed E-state index contributed by atoms with van der Waals surface area (Å²) in [6.07, 6.45) is 1.82. The Hall–Kier alpha value is -3.14. The average Bonchev–Trinajstić information content (AvgIpc) is 3.51. The van der Waals surface area contributed by atoms with Gasteiger partial charge in [0.15, 0.2) is 0 Å². The molecule has 6 nitrogen and oxygen atoms in total. The summed E-state index contributed by atoms with van der Waals surface area (Å²) in [5, 5.41) is 11.4. The Balaban J connectivity index is 0.00000126. The van der Waals surface area contributed by atoms with E-state index in [2.05, 4.69) is 58.2 Å². The number of nitrogens with zero attached hydrogens (tertiary/aromatic N) is 3. The van der Waals surface area contributed by atoms with Gasteiger partial charge in [0.25, 0.3) is 5.91 Å². The van der Waals surface area contributed by atoms with Crippen LogP contribution in [0.3, 0.4) is 0 Å². The highest BCUT2D eigenvalue weighted by atomic mass is 16.2. The standard InChI is InChI=1S/C25H27N5O.C2H6/c1-25(2,9-8-18-6-7-23-20(14-18)15-27-28-23)30-16-19-4-3-5-21(22(19)17-30)24(31)29-12-10-26-11-13-29;1-2/h3-7,14-15,26H,10-13,16-17H2,1-2H3,(H,27,28);1-2H3. The van der Waals surface area contributed by atoms with Crippen LogP contribution in [0.4, 0.5) is 0 Å². The molecule has 0 unspecified atom stereocenters. The largest absolute Gasteiger partial charge is 0.336 e. The maximum Gasteiger partial charge on any atom is 0.254 e. The highest BCUT2D eigenvalue weighted by Gasteiger charge is 2.33. The molecule has 33 heavy (non-hydrogen) atoms. The molecule has 3 aromatic rings. The van der Waals surface area contributed by atoms with Gasteiger partial charge in [0.1, 0.15) is 0 Å². The molecular formula is C27H33N5O. The number of aromatic amines is 1. The van der Waals surface area contributed by atoms with E-state index < -0.39 is 0 Å². The molecule has 5 rings (SSSR count). The van der Waals surface area contributed by atoms with Crippen molar-refractivity contribution < 1.29 is 4.79 Å². The third-order valence-electron chi connectivity index (χ3n) is 6.36. The number of amides is 1. The summed E-state index contributed by atoms with van der Waals surface area (Å²) >= 11 is 0. The number of carbonyl (C=O) groups excluding carboxylic acids is 1. The molecule has 1 aromatic heterocycles. The molecule has 0 saturated carbocycles. The predicted molar refractivity (Wildman–Crippen MR) is 133 cm³/mol. The molecule has 1 amide bonds. The number of carbonyl (C=O) groups is 1. The number of hydrogen-bond acceptors (Lipinski definition) is 4. The first-order valence-corrected chi connectivity index (χ1v) is 11.8. The SMILES string of the molecule is CC.CC(C)(C#Cc1ccc2[nH]ncc2c1)N1Cc2cccc(C(=O)N3CCNCC3)c2C1. The number of nitrogens with one attached hydrogen (secondary N) is 2. The Morgan fingerprint density at radius 3 is 2.67 bits per heavy atom. The highest BCUT2D eigenvalue weighted by Crippen LogP contribution is 2.32. The highest BCUT2D eigenvalue weighted by molar-refractivity contribution is 5.96. The number of H-pyrrole nitrogens is 1. The van der Waals surface area contributed by atoms with Crippen molar-refractivity contribution >= 4 is 16.8 Å². The summed E-state index contributed by atoms with van der Waals surface area (Å²) in [4.78, 5) is 17.5. The van der Waals surface area contributed by atoms with E-state index in [1.807, 2.05) is 49.2 Å². The van der Waals surface area contributed by atoms with E-state index in [9.17, 15) is 4.79 Å². The summed E-state index contributed by atoms with van der Waals surface area (Å²) < 4.78 is 0. The maximum atomic E-state index is 13.2. The van der Waals surface area contributed by atoms with E-state index in [0.717, 1.165) is 66.9 Å². The molecule has 2 aromatic carbocycles. The lowest BCUT2D eigenvalue weighted by molar-refractivity contribution is 0.0733. The first-order chi connectivity index (χ1) is 16.0. The zero-order valence-electron chi connectivity index (χ0n) is 20.0. The minimum atomic E-state index is -0.320. The van der Waals surface area contributed by atoms with Crippen molar-refractivity contribution in [2.75, 3.05) is 26.2 Å². The van der Waals surface area contributed by atoms with Crippen LogP contribution in [0, 0.1) is 11.8 Å².